The summed E-state index contributed by atoms with van der Waals surface area (Å²) in [6.07, 6.45) is 0. The number of carbonyl (C=O) groups is 1. The molecule has 0 aliphatic carbocycles. The highest BCUT2D eigenvalue weighted by molar-refractivity contribution is 7.89. The summed E-state index contributed by atoms with van der Waals surface area (Å²) in [6, 6.07) is 20.2. The minimum atomic E-state index is -3.78. The second-order valence-corrected chi connectivity index (χ2v) is 10.5. The zero-order valence-electron chi connectivity index (χ0n) is 19.7. The predicted octanol–water partition coefficient (Wildman–Crippen LogP) is 4.09. The number of sulfonamides is 1. The van der Waals surface area contributed by atoms with Gasteiger partial charge >= 0.3 is 0 Å². The van der Waals surface area contributed by atoms with E-state index >= 15 is 0 Å². The standard InChI is InChI=1S/C26H19FN6O3S/c1-32(2)37(35,36)19-7-5-6-18(14-19)33-24(31-26(34)16-10-12-17(27)13-11-16)20(15-28)23-25(33)30-22-9-4-3-8-21(22)29-23/h3-14H,1-2H3,(H,31,34). The second-order valence-electron chi connectivity index (χ2n) is 8.30. The van der Waals surface area contributed by atoms with Gasteiger partial charge in [0.15, 0.2) is 5.65 Å². The van der Waals surface area contributed by atoms with E-state index < -0.39 is 21.7 Å². The molecule has 1 N–H and O–H groups in total. The van der Waals surface area contributed by atoms with E-state index in [0.29, 0.717) is 16.7 Å². The van der Waals surface area contributed by atoms with Crippen molar-refractivity contribution >= 4 is 43.9 Å². The van der Waals surface area contributed by atoms with Crippen molar-refractivity contribution in [3.05, 3.63) is 89.7 Å². The molecule has 0 aliphatic heterocycles. The lowest BCUT2D eigenvalue weighted by molar-refractivity contribution is 0.102. The number of benzene rings is 3. The van der Waals surface area contributed by atoms with Crippen molar-refractivity contribution in [2.45, 2.75) is 4.90 Å². The molecule has 5 aromatic rings. The first kappa shape index (κ1) is 24.1. The minimum absolute atomic E-state index is 0.0138. The van der Waals surface area contributed by atoms with Crippen LogP contribution in [0.5, 0.6) is 0 Å². The van der Waals surface area contributed by atoms with Crippen LogP contribution in [0.2, 0.25) is 0 Å². The van der Waals surface area contributed by atoms with E-state index in [1.165, 1.54) is 42.9 Å². The van der Waals surface area contributed by atoms with Crippen molar-refractivity contribution < 1.29 is 17.6 Å². The fourth-order valence-electron chi connectivity index (χ4n) is 3.89. The lowest BCUT2D eigenvalue weighted by atomic mass is 10.2. The number of hydrogen-bond acceptors (Lipinski definition) is 6. The zero-order valence-corrected chi connectivity index (χ0v) is 20.5. The quantitative estimate of drug-likeness (QED) is 0.377. The molecule has 0 atom stereocenters. The van der Waals surface area contributed by atoms with Crippen LogP contribution >= 0.6 is 0 Å². The molecular weight excluding hydrogens is 495 g/mol. The molecule has 11 heteroatoms. The molecular formula is C26H19FN6O3S. The summed E-state index contributed by atoms with van der Waals surface area (Å²) in [5.74, 6) is -1.04. The first-order chi connectivity index (χ1) is 17.7. The van der Waals surface area contributed by atoms with Gasteiger partial charge in [-0.25, -0.2) is 27.1 Å². The van der Waals surface area contributed by atoms with E-state index in [-0.39, 0.29) is 33.0 Å². The Labute approximate surface area is 211 Å². The van der Waals surface area contributed by atoms with E-state index in [4.69, 9.17) is 4.98 Å². The van der Waals surface area contributed by atoms with Crippen LogP contribution in [0.1, 0.15) is 15.9 Å². The topological polar surface area (TPSA) is 121 Å². The SMILES string of the molecule is CN(C)S(=O)(=O)c1cccc(-n2c(NC(=O)c3ccc(F)cc3)c(C#N)c3nc4ccccc4nc32)c1. The number of nitriles is 1. The number of amides is 1. The molecule has 0 saturated carbocycles. The van der Waals surface area contributed by atoms with Crippen molar-refractivity contribution in [2.24, 2.45) is 0 Å². The number of halogens is 1. The van der Waals surface area contributed by atoms with Gasteiger partial charge in [0.1, 0.15) is 28.8 Å². The summed E-state index contributed by atoms with van der Waals surface area (Å²) in [7, 11) is -0.934. The highest BCUT2D eigenvalue weighted by Crippen LogP contribution is 2.33. The summed E-state index contributed by atoms with van der Waals surface area (Å²) in [5.41, 5.74) is 2.13. The first-order valence-electron chi connectivity index (χ1n) is 11.0. The summed E-state index contributed by atoms with van der Waals surface area (Å²) in [4.78, 5) is 22.4. The maximum atomic E-state index is 13.4. The second kappa shape index (κ2) is 9.09. The van der Waals surface area contributed by atoms with Crippen LogP contribution in [0.3, 0.4) is 0 Å². The Bertz CT molecular complexity index is 1840. The summed E-state index contributed by atoms with van der Waals surface area (Å²) in [6.45, 7) is 0. The fraction of sp³-hybridized carbons (Fsp3) is 0.0769. The van der Waals surface area contributed by atoms with E-state index in [9.17, 15) is 22.9 Å². The third kappa shape index (κ3) is 4.18. The number of anilines is 1. The van der Waals surface area contributed by atoms with E-state index in [1.54, 1.807) is 36.4 Å². The van der Waals surface area contributed by atoms with Crippen molar-refractivity contribution in [2.75, 3.05) is 19.4 Å². The lowest BCUT2D eigenvalue weighted by Crippen LogP contribution is -2.22. The molecule has 5 rings (SSSR count). The van der Waals surface area contributed by atoms with E-state index in [2.05, 4.69) is 16.4 Å². The third-order valence-electron chi connectivity index (χ3n) is 5.77. The van der Waals surface area contributed by atoms with Gasteiger partial charge in [0.2, 0.25) is 10.0 Å². The number of fused-ring (bicyclic) bond motifs is 2. The molecule has 37 heavy (non-hydrogen) atoms. The highest BCUT2D eigenvalue weighted by Gasteiger charge is 2.25. The Kier molecular flexibility index (Phi) is 5.91. The minimum Gasteiger partial charge on any atom is -0.306 e. The highest BCUT2D eigenvalue weighted by atomic mass is 32.2. The van der Waals surface area contributed by atoms with Gasteiger partial charge in [-0.2, -0.15) is 5.26 Å². The van der Waals surface area contributed by atoms with E-state index in [1.807, 2.05) is 0 Å². The Morgan fingerprint density at radius 2 is 1.68 bits per heavy atom. The van der Waals surface area contributed by atoms with Gasteiger partial charge in [-0.15, -0.1) is 0 Å². The van der Waals surface area contributed by atoms with Gasteiger partial charge in [-0.05, 0) is 54.6 Å². The smallest absolute Gasteiger partial charge is 0.256 e. The maximum absolute atomic E-state index is 13.4. The molecule has 3 aromatic carbocycles. The molecule has 2 heterocycles. The van der Waals surface area contributed by atoms with Gasteiger partial charge in [-0.3, -0.25) is 9.36 Å². The molecule has 0 aliphatic rings. The molecule has 9 nitrogen and oxygen atoms in total. The number of para-hydroxylation sites is 2. The Morgan fingerprint density at radius 1 is 1.00 bits per heavy atom. The van der Waals surface area contributed by atoms with Crippen LogP contribution in [0.15, 0.2) is 77.7 Å². The monoisotopic (exact) mass is 514 g/mol. The number of nitrogens with zero attached hydrogens (tertiary/aromatic N) is 5. The normalized spacial score (nSPS) is 11.6. The first-order valence-corrected chi connectivity index (χ1v) is 12.5. The molecule has 0 unspecified atom stereocenters. The Balaban J connectivity index is 1.80. The van der Waals surface area contributed by atoms with Crippen molar-refractivity contribution in [1.82, 2.24) is 18.8 Å². The molecule has 0 radical (unpaired) electrons. The van der Waals surface area contributed by atoms with Crippen LogP contribution in [0.25, 0.3) is 27.9 Å². The largest absolute Gasteiger partial charge is 0.306 e. The van der Waals surface area contributed by atoms with Gasteiger partial charge < -0.3 is 5.32 Å². The van der Waals surface area contributed by atoms with Crippen LogP contribution in [0, 0.1) is 17.1 Å². The molecule has 1 amide bonds. The van der Waals surface area contributed by atoms with Gasteiger partial charge in [0.25, 0.3) is 5.91 Å². The number of aromatic nitrogens is 3. The van der Waals surface area contributed by atoms with Gasteiger partial charge in [-0.1, -0.05) is 18.2 Å². The van der Waals surface area contributed by atoms with Crippen LogP contribution in [0.4, 0.5) is 10.2 Å². The summed E-state index contributed by atoms with van der Waals surface area (Å²) in [5, 5.41) is 12.8. The number of nitrogens with one attached hydrogen (secondary N) is 1. The molecule has 2 aromatic heterocycles. The number of carbonyl (C=O) groups excluding carboxylic acids is 1. The average Bonchev–Trinajstić information content (AvgIpc) is 3.19. The Hall–Kier alpha value is -4.66. The van der Waals surface area contributed by atoms with Crippen LogP contribution in [-0.2, 0) is 10.0 Å². The third-order valence-corrected chi connectivity index (χ3v) is 7.58. The van der Waals surface area contributed by atoms with Crippen LogP contribution in [-0.4, -0.2) is 47.3 Å². The lowest BCUT2D eigenvalue weighted by Gasteiger charge is -2.15. The predicted molar refractivity (Wildman–Crippen MR) is 136 cm³/mol. The van der Waals surface area contributed by atoms with Crippen molar-refractivity contribution in [1.29, 1.82) is 5.26 Å². The van der Waals surface area contributed by atoms with Crippen molar-refractivity contribution in [3.8, 4) is 11.8 Å². The van der Waals surface area contributed by atoms with E-state index in [0.717, 1.165) is 16.4 Å². The average molecular weight is 515 g/mol. The molecule has 0 spiro atoms. The van der Waals surface area contributed by atoms with Gasteiger partial charge in [0, 0.05) is 19.7 Å². The van der Waals surface area contributed by atoms with Gasteiger partial charge in [0.05, 0.1) is 21.6 Å². The number of hydrogen-bond donors (Lipinski definition) is 1. The molecule has 0 bridgehead atoms. The molecule has 184 valence electrons. The molecule has 0 fully saturated rings. The molecule has 0 saturated heterocycles. The van der Waals surface area contributed by atoms with Crippen LogP contribution < -0.4 is 5.32 Å². The Morgan fingerprint density at radius 3 is 2.32 bits per heavy atom. The zero-order chi connectivity index (χ0) is 26.3. The van der Waals surface area contributed by atoms with Crippen molar-refractivity contribution in [3.63, 3.8) is 0 Å². The number of rotatable bonds is 5. The summed E-state index contributed by atoms with van der Waals surface area (Å²) >= 11 is 0. The summed E-state index contributed by atoms with van der Waals surface area (Å²) < 4.78 is 41.6. The maximum Gasteiger partial charge on any atom is 0.256 e. The fourth-order valence-corrected chi connectivity index (χ4v) is 4.84.